The van der Waals surface area contributed by atoms with Gasteiger partial charge < -0.3 is 14.5 Å². The van der Waals surface area contributed by atoms with Crippen LogP contribution in [0.25, 0.3) is 0 Å². The molecule has 0 heterocycles. The maximum atomic E-state index is 8.56. The van der Waals surface area contributed by atoms with Gasteiger partial charge in [-0.25, -0.2) is 4.79 Å². The molecule has 7 heavy (non-hydrogen) atoms. The van der Waals surface area contributed by atoms with Crippen molar-refractivity contribution in [2.45, 2.75) is 0 Å². The van der Waals surface area contributed by atoms with Crippen LogP contribution in [-0.4, -0.2) is 16.4 Å². The van der Waals surface area contributed by atoms with Gasteiger partial charge in [-0.15, -0.1) is 0 Å². The molecular formula is CH5KNa2O3. The van der Waals surface area contributed by atoms with Crippen molar-refractivity contribution in [1.82, 2.24) is 0 Å². The number of hydrogen-bond acceptors (Lipinski definition) is 1. The van der Waals surface area contributed by atoms with E-state index < -0.39 is 6.16 Å². The molecule has 0 unspecified atom stereocenters. The van der Waals surface area contributed by atoms with Gasteiger partial charge in [-0.3, -0.25) is 0 Å². The maximum Gasteiger partial charge on any atom is 1.00 e. The average Bonchev–Trinajstić information content (AvgIpc) is 0.811. The molecule has 0 atom stereocenters. The molecule has 0 spiro atoms. The third kappa shape index (κ3) is 50.3. The summed E-state index contributed by atoms with van der Waals surface area (Å²) in [6.07, 6.45) is -1.83. The Balaban J connectivity index is -0.00000000300. The number of rotatable bonds is 0. The normalized spacial score (nSPS) is 3.43. The van der Waals surface area contributed by atoms with Crippen molar-refractivity contribution in [1.29, 1.82) is 0 Å². The minimum Gasteiger partial charge on any atom is -1.00 e. The molecule has 0 amide bonds. The largest absolute Gasteiger partial charge is 1.00 e. The van der Waals surface area contributed by atoms with E-state index in [9.17, 15) is 0 Å². The summed E-state index contributed by atoms with van der Waals surface area (Å²) in [5, 5.41) is 13.9. The van der Waals surface area contributed by atoms with E-state index in [2.05, 4.69) is 0 Å². The van der Waals surface area contributed by atoms with Crippen LogP contribution in [0.5, 0.6) is 0 Å². The molecule has 0 aromatic heterocycles. The van der Waals surface area contributed by atoms with Gasteiger partial charge in [-0.05, 0) is 0 Å². The monoisotopic (exact) mass is 150 g/mol. The molecule has 0 aromatic rings. The molecule has 2 N–H and O–H groups in total. The van der Waals surface area contributed by atoms with Crippen LogP contribution in [-0.2, 0) is 0 Å². The Bertz CT molecular complexity index is 44.7. The van der Waals surface area contributed by atoms with Crippen LogP contribution in [0.3, 0.4) is 0 Å². The van der Waals surface area contributed by atoms with Crippen molar-refractivity contribution in [3.05, 3.63) is 0 Å². The SMILES string of the molecule is O=C(O)O.[H-].[H-].[H-].[K+].[Na+].[Na+]. The fourth-order valence-corrected chi connectivity index (χ4v) is 0. The van der Waals surface area contributed by atoms with E-state index >= 15 is 0 Å². The van der Waals surface area contributed by atoms with Gasteiger partial charge in [0.1, 0.15) is 0 Å². The number of carboxylic acid groups (broad SMARTS) is 2. The molecule has 6 heteroatoms. The standard InChI is InChI=1S/CH2O3.K.2Na.3H/c2-1(3)4;;;;;;/h(H2,2,3,4);;;;;;/q;3*+1;3*-1. The van der Waals surface area contributed by atoms with Crippen LogP contribution in [0, 0.1) is 0 Å². The van der Waals surface area contributed by atoms with Gasteiger partial charge in [0.2, 0.25) is 0 Å². The fourth-order valence-electron chi connectivity index (χ4n) is 0. The van der Waals surface area contributed by atoms with Gasteiger partial charge in [0.15, 0.2) is 0 Å². The summed E-state index contributed by atoms with van der Waals surface area (Å²) in [5.41, 5.74) is 0. The summed E-state index contributed by atoms with van der Waals surface area (Å²) in [5.74, 6) is 0. The summed E-state index contributed by atoms with van der Waals surface area (Å²) in [6, 6.07) is 0. The Morgan fingerprint density at radius 1 is 1.29 bits per heavy atom. The first kappa shape index (κ1) is 22.5. The van der Waals surface area contributed by atoms with Crippen LogP contribution >= 0.6 is 0 Å². The first-order chi connectivity index (χ1) is 1.73. The van der Waals surface area contributed by atoms with Crippen LogP contribution < -0.4 is 110 Å². The van der Waals surface area contributed by atoms with Gasteiger partial charge in [0.05, 0.1) is 0 Å². The molecule has 0 radical (unpaired) electrons. The third-order valence-electron chi connectivity index (χ3n) is 0. The molecule has 0 saturated carbocycles. The van der Waals surface area contributed by atoms with E-state index in [1.54, 1.807) is 0 Å². The van der Waals surface area contributed by atoms with Gasteiger partial charge >= 0.3 is 117 Å². The Morgan fingerprint density at radius 3 is 1.29 bits per heavy atom. The molecule has 0 aliphatic heterocycles. The van der Waals surface area contributed by atoms with Crippen LogP contribution in [0.15, 0.2) is 0 Å². The molecule has 0 aliphatic carbocycles. The van der Waals surface area contributed by atoms with Crippen molar-refractivity contribution in [3.63, 3.8) is 0 Å². The van der Waals surface area contributed by atoms with Crippen molar-refractivity contribution < 1.29 is 130 Å². The van der Waals surface area contributed by atoms with E-state index in [0.29, 0.717) is 0 Å². The van der Waals surface area contributed by atoms with Crippen molar-refractivity contribution in [2.24, 2.45) is 0 Å². The predicted octanol–water partition coefficient (Wildman–Crippen LogP) is -8.43. The van der Waals surface area contributed by atoms with Gasteiger partial charge in [0.25, 0.3) is 0 Å². The Morgan fingerprint density at radius 2 is 1.29 bits per heavy atom. The van der Waals surface area contributed by atoms with E-state index in [-0.39, 0.29) is 115 Å². The summed E-state index contributed by atoms with van der Waals surface area (Å²) in [7, 11) is 0. The van der Waals surface area contributed by atoms with E-state index in [0.717, 1.165) is 0 Å². The summed E-state index contributed by atoms with van der Waals surface area (Å²) < 4.78 is 0. The molecular weight excluding hydrogens is 145 g/mol. The Kier molecular flexibility index (Phi) is 51.4. The average molecular weight is 150 g/mol. The third-order valence-corrected chi connectivity index (χ3v) is 0. The van der Waals surface area contributed by atoms with Gasteiger partial charge in [-0.1, -0.05) is 0 Å². The number of carbonyl (C=O) groups is 1. The zero-order valence-electron chi connectivity index (χ0n) is 7.80. The Hall–Kier alpha value is 2.91. The first-order valence-corrected chi connectivity index (χ1v) is 0.651. The minimum atomic E-state index is -1.83. The second-order valence-corrected chi connectivity index (χ2v) is 0.283. The smallest absolute Gasteiger partial charge is 1.00 e. The second kappa shape index (κ2) is 16.0. The van der Waals surface area contributed by atoms with Gasteiger partial charge in [0, 0.05) is 0 Å². The second-order valence-electron chi connectivity index (χ2n) is 0.283. The Labute approximate surface area is 133 Å². The quantitative estimate of drug-likeness (QED) is 0.337. The first-order valence-electron chi connectivity index (χ1n) is 0.651. The van der Waals surface area contributed by atoms with Crippen LogP contribution in [0.4, 0.5) is 4.79 Å². The summed E-state index contributed by atoms with van der Waals surface area (Å²) in [6.45, 7) is 0. The molecule has 0 saturated heterocycles. The minimum absolute atomic E-state index is 0. The molecule has 0 fully saturated rings. The predicted molar refractivity (Wildman–Crippen MR) is 14.0 cm³/mol. The zero-order chi connectivity index (χ0) is 3.58. The maximum absolute atomic E-state index is 8.56. The molecule has 0 bridgehead atoms. The molecule has 0 aliphatic rings. The van der Waals surface area contributed by atoms with Crippen LogP contribution in [0.2, 0.25) is 0 Å². The summed E-state index contributed by atoms with van der Waals surface area (Å²) >= 11 is 0. The molecule has 0 aromatic carbocycles. The topological polar surface area (TPSA) is 57.5 Å². The van der Waals surface area contributed by atoms with Crippen molar-refractivity contribution >= 4 is 6.16 Å². The molecule has 30 valence electrons. The zero-order valence-corrected chi connectivity index (χ0v) is 11.9. The molecule has 3 nitrogen and oxygen atoms in total. The van der Waals surface area contributed by atoms with Gasteiger partial charge in [-0.2, -0.15) is 0 Å². The summed E-state index contributed by atoms with van der Waals surface area (Å²) in [4.78, 5) is 8.56. The fraction of sp³-hybridized carbons (Fsp3) is 0. The van der Waals surface area contributed by atoms with Crippen LogP contribution in [0.1, 0.15) is 4.28 Å². The van der Waals surface area contributed by atoms with Crippen molar-refractivity contribution in [3.8, 4) is 0 Å². The van der Waals surface area contributed by atoms with Crippen molar-refractivity contribution in [2.75, 3.05) is 0 Å². The van der Waals surface area contributed by atoms with E-state index in [1.165, 1.54) is 0 Å². The molecule has 0 rings (SSSR count). The van der Waals surface area contributed by atoms with E-state index in [4.69, 9.17) is 15.0 Å². The van der Waals surface area contributed by atoms with E-state index in [1.807, 2.05) is 0 Å². The number of hydrogen-bond donors (Lipinski definition) is 2.